The largest absolute Gasteiger partial charge is 0.382 e. The Balaban J connectivity index is 0.00000312. The van der Waals surface area contributed by atoms with Crippen molar-refractivity contribution in [1.82, 2.24) is 10.6 Å². The maximum atomic E-state index is 5.78. The second kappa shape index (κ2) is 13.1. The van der Waals surface area contributed by atoms with Gasteiger partial charge in [-0.15, -0.1) is 24.0 Å². The first-order chi connectivity index (χ1) is 11.8. The Bertz CT molecular complexity index is 373. The lowest BCUT2D eigenvalue weighted by Gasteiger charge is -2.16. The Morgan fingerprint density at radius 1 is 1.24 bits per heavy atom. The summed E-state index contributed by atoms with van der Waals surface area (Å²) in [6, 6.07) is 0. The van der Waals surface area contributed by atoms with Gasteiger partial charge < -0.3 is 24.8 Å². The summed E-state index contributed by atoms with van der Waals surface area (Å²) in [6.45, 7) is 10.8. The standard InChI is InChI=1S/C18H35N3O3.HI/c1-3-19-17(20-10-5-11-24-16-6-12-23-14-16)21-15-18(7-8-18)9-13-22-4-2;/h16H,3-15H2,1-2H3,(H2,19,20,21);1H. The minimum atomic E-state index is 0. The number of ether oxygens (including phenoxy) is 3. The van der Waals surface area contributed by atoms with Gasteiger partial charge in [0.25, 0.3) is 0 Å². The Labute approximate surface area is 169 Å². The van der Waals surface area contributed by atoms with Gasteiger partial charge in [0.15, 0.2) is 5.96 Å². The van der Waals surface area contributed by atoms with Crippen LogP contribution in [0.3, 0.4) is 0 Å². The molecule has 0 aromatic rings. The van der Waals surface area contributed by atoms with Crippen molar-refractivity contribution in [2.24, 2.45) is 10.4 Å². The average molecular weight is 469 g/mol. The molecule has 1 saturated carbocycles. The number of hydrogen-bond donors (Lipinski definition) is 2. The molecule has 1 aliphatic carbocycles. The quantitative estimate of drug-likeness (QED) is 0.199. The maximum absolute atomic E-state index is 5.78. The molecule has 2 N–H and O–H groups in total. The SMILES string of the molecule is CCNC(=NCC1(CCOCC)CC1)NCCCOC1CCOC1.I. The molecular formula is C18H36IN3O3. The van der Waals surface area contributed by atoms with Gasteiger partial charge in [0.1, 0.15) is 0 Å². The number of halogens is 1. The Hall–Kier alpha value is -0.120. The van der Waals surface area contributed by atoms with E-state index in [9.17, 15) is 0 Å². The number of hydrogen-bond acceptors (Lipinski definition) is 4. The van der Waals surface area contributed by atoms with E-state index in [1.165, 1.54) is 12.8 Å². The molecule has 0 aromatic carbocycles. The van der Waals surface area contributed by atoms with Crippen LogP contribution in [0.2, 0.25) is 0 Å². The molecule has 2 aliphatic rings. The van der Waals surface area contributed by atoms with Gasteiger partial charge in [-0.2, -0.15) is 0 Å². The van der Waals surface area contributed by atoms with Crippen LogP contribution in [-0.4, -0.2) is 64.7 Å². The van der Waals surface area contributed by atoms with Crippen molar-refractivity contribution in [3.05, 3.63) is 0 Å². The van der Waals surface area contributed by atoms with E-state index in [2.05, 4.69) is 17.6 Å². The zero-order chi connectivity index (χ0) is 17.1. The summed E-state index contributed by atoms with van der Waals surface area (Å²) in [5, 5.41) is 6.74. The summed E-state index contributed by atoms with van der Waals surface area (Å²) in [5.41, 5.74) is 0.392. The van der Waals surface area contributed by atoms with E-state index in [-0.39, 0.29) is 24.0 Å². The molecule has 0 bridgehead atoms. The molecule has 1 unspecified atom stereocenters. The number of guanidine groups is 1. The first-order valence-electron chi connectivity index (χ1n) is 9.57. The van der Waals surface area contributed by atoms with E-state index in [1.54, 1.807) is 0 Å². The van der Waals surface area contributed by atoms with Crippen LogP contribution in [-0.2, 0) is 14.2 Å². The van der Waals surface area contributed by atoms with Crippen LogP contribution in [0.1, 0.15) is 46.0 Å². The predicted molar refractivity (Wildman–Crippen MR) is 112 cm³/mol. The Kier molecular flexibility index (Phi) is 12.0. The molecule has 1 atom stereocenters. The minimum Gasteiger partial charge on any atom is -0.382 e. The van der Waals surface area contributed by atoms with Crippen molar-refractivity contribution >= 4 is 29.9 Å². The lowest BCUT2D eigenvalue weighted by Crippen LogP contribution is -2.38. The van der Waals surface area contributed by atoms with Crippen molar-refractivity contribution in [3.63, 3.8) is 0 Å². The highest BCUT2D eigenvalue weighted by molar-refractivity contribution is 14.0. The number of aliphatic imine (C=N–C) groups is 1. The van der Waals surface area contributed by atoms with Gasteiger partial charge in [-0.3, -0.25) is 4.99 Å². The smallest absolute Gasteiger partial charge is 0.191 e. The van der Waals surface area contributed by atoms with Crippen LogP contribution in [0.4, 0.5) is 0 Å². The molecular weight excluding hydrogens is 433 g/mol. The fourth-order valence-electron chi connectivity index (χ4n) is 2.86. The summed E-state index contributed by atoms with van der Waals surface area (Å²) in [7, 11) is 0. The molecule has 6 nitrogen and oxygen atoms in total. The second-order valence-corrected chi connectivity index (χ2v) is 6.78. The van der Waals surface area contributed by atoms with E-state index in [4.69, 9.17) is 19.2 Å². The molecule has 0 aromatic heterocycles. The normalized spacial score (nSPS) is 21.7. The molecule has 0 amide bonds. The van der Waals surface area contributed by atoms with Crippen LogP contribution in [0, 0.1) is 5.41 Å². The zero-order valence-electron chi connectivity index (χ0n) is 15.8. The van der Waals surface area contributed by atoms with Crippen LogP contribution in [0.25, 0.3) is 0 Å². The Morgan fingerprint density at radius 2 is 2.08 bits per heavy atom. The number of nitrogens with zero attached hydrogens (tertiary/aromatic N) is 1. The van der Waals surface area contributed by atoms with Crippen LogP contribution < -0.4 is 10.6 Å². The molecule has 0 radical (unpaired) electrons. The highest BCUT2D eigenvalue weighted by Gasteiger charge is 2.41. The number of nitrogens with one attached hydrogen (secondary N) is 2. The van der Waals surface area contributed by atoms with Crippen LogP contribution in [0.15, 0.2) is 4.99 Å². The second-order valence-electron chi connectivity index (χ2n) is 6.78. The topological polar surface area (TPSA) is 64.1 Å². The van der Waals surface area contributed by atoms with Gasteiger partial charge in [-0.05, 0) is 51.4 Å². The summed E-state index contributed by atoms with van der Waals surface area (Å²) >= 11 is 0. The van der Waals surface area contributed by atoms with E-state index in [1.807, 2.05) is 6.92 Å². The average Bonchev–Trinajstić information content (AvgIpc) is 3.15. The third-order valence-electron chi connectivity index (χ3n) is 4.71. The van der Waals surface area contributed by atoms with Gasteiger partial charge in [0, 0.05) is 46.1 Å². The molecule has 2 rings (SSSR count). The van der Waals surface area contributed by atoms with Gasteiger partial charge >= 0.3 is 0 Å². The van der Waals surface area contributed by atoms with Crippen LogP contribution >= 0.6 is 24.0 Å². The van der Waals surface area contributed by atoms with Crippen molar-refractivity contribution in [2.45, 2.75) is 52.1 Å². The van der Waals surface area contributed by atoms with Crippen molar-refractivity contribution in [3.8, 4) is 0 Å². The predicted octanol–water partition coefficient (Wildman–Crippen LogP) is 2.56. The molecule has 1 heterocycles. The van der Waals surface area contributed by atoms with E-state index >= 15 is 0 Å². The molecule has 1 aliphatic heterocycles. The lowest BCUT2D eigenvalue weighted by atomic mass is 10.0. The fourth-order valence-corrected chi connectivity index (χ4v) is 2.86. The van der Waals surface area contributed by atoms with E-state index < -0.39 is 0 Å². The summed E-state index contributed by atoms with van der Waals surface area (Å²) in [6.07, 6.45) is 5.99. The van der Waals surface area contributed by atoms with Gasteiger partial charge in [0.2, 0.25) is 0 Å². The van der Waals surface area contributed by atoms with E-state index in [0.29, 0.717) is 11.5 Å². The van der Waals surface area contributed by atoms with Crippen molar-refractivity contribution in [1.29, 1.82) is 0 Å². The third kappa shape index (κ3) is 9.40. The molecule has 25 heavy (non-hydrogen) atoms. The lowest BCUT2D eigenvalue weighted by molar-refractivity contribution is 0.0420. The monoisotopic (exact) mass is 469 g/mol. The highest BCUT2D eigenvalue weighted by Crippen LogP contribution is 2.48. The van der Waals surface area contributed by atoms with Gasteiger partial charge in [-0.1, -0.05) is 0 Å². The summed E-state index contributed by atoms with van der Waals surface area (Å²) < 4.78 is 16.6. The molecule has 2 fully saturated rings. The molecule has 148 valence electrons. The maximum Gasteiger partial charge on any atom is 0.191 e. The molecule has 1 saturated heterocycles. The minimum absolute atomic E-state index is 0. The first kappa shape index (κ1) is 22.9. The summed E-state index contributed by atoms with van der Waals surface area (Å²) in [4.78, 5) is 4.78. The molecule has 0 spiro atoms. The van der Waals surface area contributed by atoms with Gasteiger partial charge in [-0.25, -0.2) is 0 Å². The first-order valence-corrected chi connectivity index (χ1v) is 9.57. The fraction of sp³-hybridized carbons (Fsp3) is 0.944. The third-order valence-corrected chi connectivity index (χ3v) is 4.71. The summed E-state index contributed by atoms with van der Waals surface area (Å²) in [5.74, 6) is 0.921. The van der Waals surface area contributed by atoms with Gasteiger partial charge in [0.05, 0.1) is 12.7 Å². The van der Waals surface area contributed by atoms with Crippen molar-refractivity contribution in [2.75, 3.05) is 52.7 Å². The molecule has 7 heteroatoms. The zero-order valence-corrected chi connectivity index (χ0v) is 18.2. The highest BCUT2D eigenvalue weighted by atomic mass is 127. The van der Waals surface area contributed by atoms with E-state index in [0.717, 1.165) is 77.9 Å². The van der Waals surface area contributed by atoms with Crippen LogP contribution in [0.5, 0.6) is 0 Å². The van der Waals surface area contributed by atoms with Crippen molar-refractivity contribution < 1.29 is 14.2 Å². The Morgan fingerprint density at radius 3 is 2.72 bits per heavy atom. The number of rotatable bonds is 12.